The van der Waals surface area contributed by atoms with Gasteiger partial charge in [-0.1, -0.05) is 26.2 Å². The molecule has 1 unspecified atom stereocenters. The Morgan fingerprint density at radius 2 is 2.06 bits per heavy atom. The van der Waals surface area contributed by atoms with Gasteiger partial charge in [0.2, 0.25) is 0 Å². The zero-order valence-corrected chi connectivity index (χ0v) is 11.0. The van der Waals surface area contributed by atoms with E-state index < -0.39 is 0 Å². The van der Waals surface area contributed by atoms with Crippen molar-refractivity contribution >= 4 is 5.97 Å². The summed E-state index contributed by atoms with van der Waals surface area (Å²) in [5, 5.41) is 3.21. The van der Waals surface area contributed by atoms with Crippen molar-refractivity contribution in [1.29, 1.82) is 0 Å². The van der Waals surface area contributed by atoms with E-state index in [-0.39, 0.29) is 11.9 Å². The van der Waals surface area contributed by atoms with Crippen molar-refractivity contribution in [2.45, 2.75) is 45.1 Å². The van der Waals surface area contributed by atoms with Gasteiger partial charge < -0.3 is 14.8 Å². The maximum atomic E-state index is 11.1. The number of methoxy groups -OCH3 is 1. The van der Waals surface area contributed by atoms with Gasteiger partial charge >= 0.3 is 5.97 Å². The van der Waals surface area contributed by atoms with Crippen LogP contribution in [0, 0.1) is 5.92 Å². The Hall–Kier alpha value is -0.610. The number of carbonyl (C=O) groups excluding carboxylic acids is 1. The largest absolute Gasteiger partial charge is 0.469 e. The Balaban J connectivity index is 1.95. The highest BCUT2D eigenvalue weighted by molar-refractivity contribution is 5.71. The predicted molar refractivity (Wildman–Crippen MR) is 66.9 cm³/mol. The molecule has 0 aromatic carbocycles. The summed E-state index contributed by atoms with van der Waals surface area (Å²) in [6, 6.07) is 0. The molecule has 0 heterocycles. The highest BCUT2D eigenvalue weighted by Gasteiger charge is 2.14. The lowest BCUT2D eigenvalue weighted by Crippen LogP contribution is -2.31. The van der Waals surface area contributed by atoms with E-state index in [4.69, 9.17) is 4.74 Å². The van der Waals surface area contributed by atoms with E-state index in [0.29, 0.717) is 12.6 Å². The first kappa shape index (κ1) is 14.5. The number of ether oxygens (including phenoxy) is 2. The van der Waals surface area contributed by atoms with Gasteiger partial charge in [0.15, 0.2) is 0 Å². The Bertz CT molecular complexity index is 215. The lowest BCUT2D eigenvalue weighted by atomic mass is 9.98. The van der Waals surface area contributed by atoms with Crippen LogP contribution in [0.3, 0.4) is 0 Å². The monoisotopic (exact) mass is 243 g/mol. The molecule has 4 nitrogen and oxygen atoms in total. The van der Waals surface area contributed by atoms with Crippen molar-refractivity contribution < 1.29 is 14.3 Å². The van der Waals surface area contributed by atoms with Crippen LogP contribution in [0.4, 0.5) is 0 Å². The second kappa shape index (κ2) is 8.48. The minimum atomic E-state index is -0.161. The minimum absolute atomic E-state index is 0.0883. The molecule has 17 heavy (non-hydrogen) atoms. The molecule has 1 atom stereocenters. The van der Waals surface area contributed by atoms with Crippen LogP contribution < -0.4 is 5.32 Å². The summed E-state index contributed by atoms with van der Waals surface area (Å²) in [6.07, 6.45) is 6.84. The molecule has 0 aliphatic heterocycles. The molecule has 1 aliphatic rings. The Kier molecular flexibility index (Phi) is 7.21. The highest BCUT2D eigenvalue weighted by Crippen LogP contribution is 2.19. The predicted octanol–water partition coefficient (Wildman–Crippen LogP) is 1.73. The van der Waals surface area contributed by atoms with Crippen molar-refractivity contribution in [1.82, 2.24) is 5.32 Å². The molecule has 0 amide bonds. The molecule has 0 spiro atoms. The molecule has 1 rings (SSSR count). The second-order valence-electron chi connectivity index (χ2n) is 4.76. The van der Waals surface area contributed by atoms with Crippen molar-refractivity contribution in [2.75, 3.05) is 26.8 Å². The van der Waals surface area contributed by atoms with Crippen LogP contribution in [-0.2, 0) is 14.3 Å². The van der Waals surface area contributed by atoms with Crippen LogP contribution in [-0.4, -0.2) is 38.9 Å². The first-order chi connectivity index (χ1) is 8.24. The number of carbonyl (C=O) groups is 1. The summed E-state index contributed by atoms with van der Waals surface area (Å²) in [5.74, 6) is -0.250. The Morgan fingerprint density at radius 3 is 2.71 bits per heavy atom. The van der Waals surface area contributed by atoms with E-state index in [2.05, 4.69) is 10.1 Å². The van der Waals surface area contributed by atoms with Crippen molar-refractivity contribution in [2.24, 2.45) is 5.92 Å². The van der Waals surface area contributed by atoms with Gasteiger partial charge in [0.1, 0.15) is 0 Å². The van der Waals surface area contributed by atoms with Crippen molar-refractivity contribution in [3.8, 4) is 0 Å². The summed E-state index contributed by atoms with van der Waals surface area (Å²) >= 11 is 0. The van der Waals surface area contributed by atoms with Crippen molar-refractivity contribution in [3.63, 3.8) is 0 Å². The van der Waals surface area contributed by atoms with E-state index in [1.165, 1.54) is 39.2 Å². The SMILES string of the molecule is COC(=O)C(C)CNCCOC1CCCCC1. The summed E-state index contributed by atoms with van der Waals surface area (Å²) in [5.41, 5.74) is 0. The van der Waals surface area contributed by atoms with Crippen LogP contribution >= 0.6 is 0 Å². The van der Waals surface area contributed by atoms with E-state index in [0.717, 1.165) is 13.2 Å². The van der Waals surface area contributed by atoms with Gasteiger partial charge in [-0.2, -0.15) is 0 Å². The standard InChI is InChI=1S/C13H25NO3/c1-11(13(15)16-2)10-14-8-9-17-12-6-4-3-5-7-12/h11-12,14H,3-10H2,1-2H3. The summed E-state index contributed by atoms with van der Waals surface area (Å²) < 4.78 is 10.4. The number of rotatable bonds is 7. The quantitative estimate of drug-likeness (QED) is 0.546. The molecule has 100 valence electrons. The van der Waals surface area contributed by atoms with Gasteiger partial charge in [-0.3, -0.25) is 4.79 Å². The fourth-order valence-corrected chi connectivity index (χ4v) is 2.13. The molecule has 0 aromatic heterocycles. The van der Waals surface area contributed by atoms with E-state index >= 15 is 0 Å². The van der Waals surface area contributed by atoms with Crippen LogP contribution in [0.1, 0.15) is 39.0 Å². The lowest BCUT2D eigenvalue weighted by molar-refractivity contribution is -0.144. The summed E-state index contributed by atoms with van der Waals surface area (Å²) in [6.45, 7) is 4.05. The van der Waals surface area contributed by atoms with Crippen LogP contribution in [0.15, 0.2) is 0 Å². The average Bonchev–Trinajstić information content (AvgIpc) is 2.38. The first-order valence-corrected chi connectivity index (χ1v) is 6.64. The fourth-order valence-electron chi connectivity index (χ4n) is 2.13. The van der Waals surface area contributed by atoms with Gasteiger partial charge in [-0.15, -0.1) is 0 Å². The zero-order chi connectivity index (χ0) is 12.5. The van der Waals surface area contributed by atoms with Crippen molar-refractivity contribution in [3.05, 3.63) is 0 Å². The van der Waals surface area contributed by atoms with Gasteiger partial charge in [-0.25, -0.2) is 0 Å². The minimum Gasteiger partial charge on any atom is -0.469 e. The molecule has 0 saturated heterocycles. The lowest BCUT2D eigenvalue weighted by Gasteiger charge is -2.22. The topological polar surface area (TPSA) is 47.6 Å². The molecule has 0 radical (unpaired) electrons. The van der Waals surface area contributed by atoms with E-state index in [1.807, 2.05) is 6.92 Å². The van der Waals surface area contributed by atoms with E-state index in [9.17, 15) is 4.79 Å². The smallest absolute Gasteiger partial charge is 0.309 e. The van der Waals surface area contributed by atoms with Gasteiger partial charge in [0.05, 0.1) is 25.7 Å². The maximum Gasteiger partial charge on any atom is 0.309 e. The molecule has 0 aromatic rings. The number of hydrogen-bond donors (Lipinski definition) is 1. The van der Waals surface area contributed by atoms with Crippen LogP contribution in [0.25, 0.3) is 0 Å². The third kappa shape index (κ3) is 6.03. The number of esters is 1. The summed E-state index contributed by atoms with van der Waals surface area (Å²) in [7, 11) is 1.42. The van der Waals surface area contributed by atoms with Gasteiger partial charge in [0.25, 0.3) is 0 Å². The highest BCUT2D eigenvalue weighted by atomic mass is 16.5. The number of nitrogens with one attached hydrogen (secondary N) is 1. The molecule has 4 heteroatoms. The summed E-state index contributed by atoms with van der Waals surface area (Å²) in [4.78, 5) is 11.1. The second-order valence-corrected chi connectivity index (χ2v) is 4.76. The molecule has 0 bridgehead atoms. The molecular weight excluding hydrogens is 218 g/mol. The van der Waals surface area contributed by atoms with E-state index in [1.54, 1.807) is 0 Å². The average molecular weight is 243 g/mol. The van der Waals surface area contributed by atoms with Crippen LogP contribution in [0.5, 0.6) is 0 Å². The molecule has 1 aliphatic carbocycles. The van der Waals surface area contributed by atoms with Gasteiger partial charge in [-0.05, 0) is 12.8 Å². The molecule has 1 saturated carbocycles. The zero-order valence-electron chi connectivity index (χ0n) is 11.0. The molecular formula is C13H25NO3. The molecule has 1 fully saturated rings. The Labute approximate surface area is 104 Å². The molecule has 1 N–H and O–H groups in total. The van der Waals surface area contributed by atoms with Crippen LogP contribution in [0.2, 0.25) is 0 Å². The fraction of sp³-hybridized carbons (Fsp3) is 0.923. The third-order valence-corrected chi connectivity index (χ3v) is 3.24. The number of hydrogen-bond acceptors (Lipinski definition) is 4. The van der Waals surface area contributed by atoms with Gasteiger partial charge in [0, 0.05) is 13.1 Å². The third-order valence-electron chi connectivity index (χ3n) is 3.24. The first-order valence-electron chi connectivity index (χ1n) is 6.64. The normalized spacial score (nSPS) is 18.9. The maximum absolute atomic E-state index is 11.1. The Morgan fingerprint density at radius 1 is 1.35 bits per heavy atom.